The van der Waals surface area contributed by atoms with Crippen molar-refractivity contribution >= 4 is 21.9 Å². The summed E-state index contributed by atoms with van der Waals surface area (Å²) in [7, 11) is 0. The molecule has 0 aromatic rings. The van der Waals surface area contributed by atoms with Crippen molar-refractivity contribution in [1.29, 1.82) is 0 Å². The second-order valence-corrected chi connectivity index (χ2v) is 4.40. The topological polar surface area (TPSA) is 26.3 Å². The number of ether oxygens (including phenoxy) is 1. The van der Waals surface area contributed by atoms with Gasteiger partial charge >= 0.3 is 5.97 Å². The van der Waals surface area contributed by atoms with Crippen LogP contribution < -0.4 is 0 Å². The molecule has 0 aromatic carbocycles. The van der Waals surface area contributed by atoms with E-state index in [0.717, 1.165) is 25.7 Å². The molecule has 1 saturated carbocycles. The summed E-state index contributed by atoms with van der Waals surface area (Å²) in [6, 6.07) is 0. The molecule has 12 heavy (non-hydrogen) atoms. The first-order chi connectivity index (χ1) is 5.75. The van der Waals surface area contributed by atoms with Gasteiger partial charge in [-0.1, -0.05) is 29.3 Å². The van der Waals surface area contributed by atoms with E-state index in [0.29, 0.717) is 11.4 Å². The van der Waals surface area contributed by atoms with E-state index in [1.54, 1.807) is 0 Å². The molecule has 0 spiro atoms. The van der Waals surface area contributed by atoms with Gasteiger partial charge in [0, 0.05) is 4.83 Å². The molecule has 3 heteroatoms. The molecule has 0 radical (unpaired) electrons. The van der Waals surface area contributed by atoms with Gasteiger partial charge < -0.3 is 4.74 Å². The van der Waals surface area contributed by atoms with Crippen LogP contribution in [0.3, 0.4) is 0 Å². The number of unbranched alkanes of at least 4 members (excludes halogenated alkanes) is 1. The largest absolute Gasteiger partial charge is 0.465 e. The molecular formula is C9H15BrO2. The van der Waals surface area contributed by atoms with Crippen LogP contribution in [-0.4, -0.2) is 17.4 Å². The Bertz CT molecular complexity index is 159. The molecule has 0 bridgehead atoms. The lowest BCUT2D eigenvalue weighted by molar-refractivity contribution is -0.150. The summed E-state index contributed by atoms with van der Waals surface area (Å²) in [5.41, 5.74) is 0. The second-order valence-electron chi connectivity index (χ2n) is 3.22. The molecule has 0 aliphatic heterocycles. The summed E-state index contributed by atoms with van der Waals surface area (Å²) >= 11 is 3.44. The van der Waals surface area contributed by atoms with Crippen molar-refractivity contribution in [2.45, 2.75) is 37.4 Å². The van der Waals surface area contributed by atoms with Crippen molar-refractivity contribution in [2.75, 3.05) is 6.61 Å². The third-order valence-electron chi connectivity index (χ3n) is 2.24. The molecule has 70 valence electrons. The van der Waals surface area contributed by atoms with Gasteiger partial charge in [0.15, 0.2) is 0 Å². The minimum atomic E-state index is -0.0171. The Balaban J connectivity index is 2.11. The smallest absolute Gasteiger partial charge is 0.310 e. The molecule has 2 nitrogen and oxygen atoms in total. The lowest BCUT2D eigenvalue weighted by Crippen LogP contribution is -2.34. The molecule has 1 aliphatic rings. The van der Waals surface area contributed by atoms with Gasteiger partial charge in [0.1, 0.15) is 0 Å². The van der Waals surface area contributed by atoms with Crippen LogP contribution in [-0.2, 0) is 9.53 Å². The third kappa shape index (κ3) is 2.47. The van der Waals surface area contributed by atoms with E-state index in [4.69, 9.17) is 4.74 Å². The summed E-state index contributed by atoms with van der Waals surface area (Å²) in [5.74, 6) is 0.110. The molecule has 2 unspecified atom stereocenters. The van der Waals surface area contributed by atoms with Crippen molar-refractivity contribution in [1.82, 2.24) is 0 Å². The minimum absolute atomic E-state index is 0.0171. The summed E-state index contributed by atoms with van der Waals surface area (Å²) in [5, 5.41) is 0. The van der Waals surface area contributed by atoms with Gasteiger partial charge in [-0.25, -0.2) is 0 Å². The standard InChI is InChI=1S/C9H15BrO2/c1-2-3-6-12-9(11)7-4-5-8(7)10/h7-8H,2-6H2,1H3. The van der Waals surface area contributed by atoms with Gasteiger partial charge in [-0.3, -0.25) is 4.79 Å². The maximum atomic E-state index is 11.3. The van der Waals surface area contributed by atoms with Crippen LogP contribution in [0, 0.1) is 5.92 Å². The van der Waals surface area contributed by atoms with E-state index >= 15 is 0 Å². The van der Waals surface area contributed by atoms with Crippen LogP contribution in [0.4, 0.5) is 0 Å². The van der Waals surface area contributed by atoms with E-state index in [9.17, 15) is 4.79 Å². The molecule has 1 fully saturated rings. The van der Waals surface area contributed by atoms with Crippen LogP contribution in [0.2, 0.25) is 0 Å². The van der Waals surface area contributed by atoms with E-state index in [-0.39, 0.29) is 11.9 Å². The molecule has 1 aliphatic carbocycles. The summed E-state index contributed by atoms with van der Waals surface area (Å²) in [4.78, 5) is 11.6. The highest BCUT2D eigenvalue weighted by Crippen LogP contribution is 2.34. The second kappa shape index (κ2) is 4.85. The van der Waals surface area contributed by atoms with Crippen molar-refractivity contribution < 1.29 is 9.53 Å². The molecule has 0 N–H and O–H groups in total. The first-order valence-corrected chi connectivity index (χ1v) is 5.48. The van der Waals surface area contributed by atoms with Crippen LogP contribution in [0.5, 0.6) is 0 Å². The Labute approximate surface area is 81.8 Å². The van der Waals surface area contributed by atoms with Crippen molar-refractivity contribution in [3.63, 3.8) is 0 Å². The number of alkyl halides is 1. The number of rotatable bonds is 4. The van der Waals surface area contributed by atoms with Crippen molar-refractivity contribution in [3.8, 4) is 0 Å². The Kier molecular flexibility index (Phi) is 4.06. The SMILES string of the molecule is CCCCOC(=O)C1CCC1Br. The van der Waals surface area contributed by atoms with Gasteiger partial charge in [-0.05, 0) is 19.3 Å². The van der Waals surface area contributed by atoms with E-state index in [1.165, 1.54) is 0 Å². The van der Waals surface area contributed by atoms with Crippen molar-refractivity contribution in [2.24, 2.45) is 5.92 Å². The fourth-order valence-corrected chi connectivity index (χ4v) is 1.89. The fourth-order valence-electron chi connectivity index (χ4n) is 1.15. The van der Waals surface area contributed by atoms with Gasteiger partial charge in [0.05, 0.1) is 12.5 Å². The summed E-state index contributed by atoms with van der Waals surface area (Å²) in [6.45, 7) is 2.68. The zero-order valence-electron chi connectivity index (χ0n) is 7.38. The first-order valence-electron chi connectivity index (χ1n) is 4.56. The lowest BCUT2D eigenvalue weighted by atomic mass is 9.85. The molecule has 2 atom stereocenters. The van der Waals surface area contributed by atoms with Gasteiger partial charge in [0.2, 0.25) is 0 Å². The van der Waals surface area contributed by atoms with Crippen LogP contribution in [0.1, 0.15) is 32.6 Å². The normalized spacial score (nSPS) is 27.8. The highest BCUT2D eigenvalue weighted by molar-refractivity contribution is 9.09. The monoisotopic (exact) mass is 234 g/mol. The molecule has 0 saturated heterocycles. The molecular weight excluding hydrogens is 220 g/mol. The predicted octanol–water partition coefficient (Wildman–Crippen LogP) is 2.50. The predicted molar refractivity (Wildman–Crippen MR) is 51.3 cm³/mol. The van der Waals surface area contributed by atoms with E-state index in [2.05, 4.69) is 22.9 Å². The Hall–Kier alpha value is -0.0500. The minimum Gasteiger partial charge on any atom is -0.465 e. The lowest BCUT2D eigenvalue weighted by Gasteiger charge is -2.29. The number of hydrogen-bond donors (Lipinski definition) is 0. The average Bonchev–Trinajstić information content (AvgIpc) is 2.02. The number of halogens is 1. The number of hydrogen-bond acceptors (Lipinski definition) is 2. The van der Waals surface area contributed by atoms with Crippen molar-refractivity contribution in [3.05, 3.63) is 0 Å². The zero-order chi connectivity index (χ0) is 8.97. The first kappa shape index (κ1) is 10.0. The van der Waals surface area contributed by atoms with E-state index in [1.807, 2.05) is 0 Å². The Morgan fingerprint density at radius 1 is 1.58 bits per heavy atom. The number of carbonyl (C=O) groups excluding carboxylic acids is 1. The van der Waals surface area contributed by atoms with Crippen LogP contribution in [0.15, 0.2) is 0 Å². The highest BCUT2D eigenvalue weighted by atomic mass is 79.9. The Morgan fingerprint density at radius 3 is 2.75 bits per heavy atom. The molecule has 0 aromatic heterocycles. The Morgan fingerprint density at radius 2 is 2.33 bits per heavy atom. The van der Waals surface area contributed by atoms with E-state index < -0.39 is 0 Å². The zero-order valence-corrected chi connectivity index (χ0v) is 8.97. The number of carbonyl (C=O) groups is 1. The number of esters is 1. The fraction of sp³-hybridized carbons (Fsp3) is 0.889. The van der Waals surface area contributed by atoms with Gasteiger partial charge in [-0.2, -0.15) is 0 Å². The van der Waals surface area contributed by atoms with Crippen LogP contribution in [0.25, 0.3) is 0 Å². The third-order valence-corrected chi connectivity index (χ3v) is 3.33. The molecule has 0 heterocycles. The molecule has 0 amide bonds. The van der Waals surface area contributed by atoms with Gasteiger partial charge in [-0.15, -0.1) is 0 Å². The van der Waals surface area contributed by atoms with Gasteiger partial charge in [0.25, 0.3) is 0 Å². The summed E-state index contributed by atoms with van der Waals surface area (Å²) < 4.78 is 5.09. The molecule has 1 rings (SSSR count). The highest BCUT2D eigenvalue weighted by Gasteiger charge is 2.35. The quantitative estimate of drug-likeness (QED) is 0.425. The maximum absolute atomic E-state index is 11.3. The average molecular weight is 235 g/mol. The summed E-state index contributed by atoms with van der Waals surface area (Å²) in [6.07, 6.45) is 4.15. The van der Waals surface area contributed by atoms with Crippen LogP contribution >= 0.6 is 15.9 Å². The maximum Gasteiger partial charge on any atom is 0.310 e.